The second-order valence-electron chi connectivity index (χ2n) is 7.60. The Labute approximate surface area is 188 Å². The molecule has 2 aromatic heterocycles. The van der Waals surface area contributed by atoms with Gasteiger partial charge in [0.25, 0.3) is 0 Å². The Balaban J connectivity index is 1.44. The summed E-state index contributed by atoms with van der Waals surface area (Å²) >= 11 is 0. The van der Waals surface area contributed by atoms with Gasteiger partial charge in [0.05, 0.1) is 12.9 Å². The summed E-state index contributed by atoms with van der Waals surface area (Å²) in [5.74, 6) is 3.06. The zero-order chi connectivity index (χ0) is 23.6. The molecule has 14 nitrogen and oxygen atoms in total. The van der Waals surface area contributed by atoms with E-state index in [4.69, 9.17) is 15.7 Å². The molecule has 15 heteroatoms. The number of anilines is 1. The maximum absolute atomic E-state index is 11.5. The number of hydrogen-bond acceptors (Lipinski definition) is 12. The first-order valence-electron chi connectivity index (χ1n) is 10.1. The van der Waals surface area contributed by atoms with Gasteiger partial charge in [-0.2, -0.15) is 10.2 Å². The van der Waals surface area contributed by atoms with E-state index in [0.29, 0.717) is 42.8 Å². The molecule has 4 rings (SSSR count). The SMILES string of the molecule is C#CCCC1(CCNc2ncnc3c2ncn3[C@H]2O[C@@H](COP(=O)(O)OC)C(O)[C@H]2O)N=N1. The molecule has 33 heavy (non-hydrogen) atoms. The van der Waals surface area contributed by atoms with Gasteiger partial charge >= 0.3 is 7.82 Å². The molecule has 0 amide bonds. The van der Waals surface area contributed by atoms with Gasteiger partial charge in [0.2, 0.25) is 0 Å². The van der Waals surface area contributed by atoms with Crippen molar-refractivity contribution in [2.45, 2.75) is 49.5 Å². The van der Waals surface area contributed by atoms with Crippen molar-refractivity contribution in [2.24, 2.45) is 10.2 Å². The van der Waals surface area contributed by atoms with Crippen LogP contribution in [0.15, 0.2) is 22.9 Å². The predicted molar refractivity (Wildman–Crippen MR) is 113 cm³/mol. The van der Waals surface area contributed by atoms with Crippen LogP contribution in [0, 0.1) is 12.3 Å². The molecule has 0 aromatic carbocycles. The van der Waals surface area contributed by atoms with Gasteiger partial charge in [-0.25, -0.2) is 19.5 Å². The van der Waals surface area contributed by atoms with E-state index in [2.05, 4.69) is 40.9 Å². The fourth-order valence-corrected chi connectivity index (χ4v) is 3.97. The Kier molecular flexibility index (Phi) is 6.73. The van der Waals surface area contributed by atoms with Gasteiger partial charge in [0.1, 0.15) is 24.6 Å². The highest BCUT2D eigenvalue weighted by molar-refractivity contribution is 7.47. The lowest BCUT2D eigenvalue weighted by Crippen LogP contribution is -2.33. The van der Waals surface area contributed by atoms with Crippen LogP contribution in [-0.2, 0) is 18.3 Å². The number of phosphoric ester groups is 1. The highest BCUT2D eigenvalue weighted by Gasteiger charge is 2.45. The number of fused-ring (bicyclic) bond motifs is 1. The van der Waals surface area contributed by atoms with E-state index in [-0.39, 0.29) is 0 Å². The van der Waals surface area contributed by atoms with Crippen LogP contribution < -0.4 is 5.32 Å². The van der Waals surface area contributed by atoms with Crippen LogP contribution in [0.5, 0.6) is 0 Å². The van der Waals surface area contributed by atoms with Crippen molar-refractivity contribution in [3.05, 3.63) is 12.7 Å². The van der Waals surface area contributed by atoms with Crippen LogP contribution in [0.3, 0.4) is 0 Å². The van der Waals surface area contributed by atoms with Gasteiger partial charge in [0, 0.05) is 32.9 Å². The molecule has 2 aromatic rings. The summed E-state index contributed by atoms with van der Waals surface area (Å²) in [6.45, 7) is 0.0558. The van der Waals surface area contributed by atoms with Crippen molar-refractivity contribution >= 4 is 24.8 Å². The quantitative estimate of drug-likeness (QED) is 0.260. The minimum absolute atomic E-state index is 0.359. The van der Waals surface area contributed by atoms with Crippen LogP contribution in [0.1, 0.15) is 25.5 Å². The number of hydrogen-bond donors (Lipinski definition) is 4. The standard InChI is InChI=1S/C18H24N7O7P/c1-3-4-5-18(23-24-18)6-7-19-15-12-16(21-9-20-15)25(10-22-12)17-14(27)13(26)11(32-17)8-31-33(28,29)30-2/h1,9-11,13-14,17,26-27H,4-8H2,2H3,(H,28,29)(H,19,20,21)/t11-,13?,14+,17-/m0/s1. The van der Waals surface area contributed by atoms with E-state index in [1.807, 2.05) is 0 Å². The number of ether oxygens (including phenoxy) is 1. The first kappa shape index (κ1) is 23.7. The molecule has 0 radical (unpaired) electrons. The van der Waals surface area contributed by atoms with Gasteiger partial charge in [-0.15, -0.1) is 12.3 Å². The maximum Gasteiger partial charge on any atom is 0.472 e. The number of imidazole rings is 1. The van der Waals surface area contributed by atoms with Crippen LogP contribution >= 0.6 is 7.82 Å². The third-order valence-electron chi connectivity index (χ3n) is 5.47. The van der Waals surface area contributed by atoms with Gasteiger partial charge in [-0.3, -0.25) is 13.6 Å². The summed E-state index contributed by atoms with van der Waals surface area (Å²) < 4.78 is 27.7. The number of nitrogens with one attached hydrogen (secondary N) is 1. The summed E-state index contributed by atoms with van der Waals surface area (Å²) in [6.07, 6.45) is 5.11. The predicted octanol–water partition coefficient (Wildman–Crippen LogP) is 0.586. The lowest BCUT2D eigenvalue weighted by Gasteiger charge is -2.17. The van der Waals surface area contributed by atoms with Crippen molar-refractivity contribution < 1.29 is 33.5 Å². The molecule has 4 heterocycles. The van der Waals surface area contributed by atoms with Gasteiger partial charge in [-0.1, -0.05) is 0 Å². The number of nitrogens with zero attached hydrogens (tertiary/aromatic N) is 6. The van der Waals surface area contributed by atoms with Crippen molar-refractivity contribution in [1.29, 1.82) is 0 Å². The maximum atomic E-state index is 11.5. The number of aliphatic hydroxyl groups is 2. The first-order valence-corrected chi connectivity index (χ1v) is 11.6. The Hall–Kier alpha value is -2.50. The fourth-order valence-electron chi connectivity index (χ4n) is 3.53. The highest BCUT2D eigenvalue weighted by Crippen LogP contribution is 2.43. The topological polar surface area (TPSA) is 186 Å². The summed E-state index contributed by atoms with van der Waals surface area (Å²) in [7, 11) is -3.25. The van der Waals surface area contributed by atoms with Crippen molar-refractivity contribution in [3.63, 3.8) is 0 Å². The largest absolute Gasteiger partial charge is 0.472 e. The Morgan fingerprint density at radius 2 is 2.09 bits per heavy atom. The van der Waals surface area contributed by atoms with Crippen LogP contribution in [-0.4, -0.2) is 78.9 Å². The molecule has 0 saturated carbocycles. The molecule has 0 spiro atoms. The second-order valence-corrected chi connectivity index (χ2v) is 9.16. The van der Waals surface area contributed by atoms with E-state index in [9.17, 15) is 19.7 Å². The Morgan fingerprint density at radius 1 is 1.30 bits per heavy atom. The third-order valence-corrected chi connectivity index (χ3v) is 6.41. The van der Waals surface area contributed by atoms with Gasteiger partial charge < -0.3 is 25.2 Å². The molecule has 0 aliphatic carbocycles. The van der Waals surface area contributed by atoms with Crippen LogP contribution in [0.25, 0.3) is 11.2 Å². The molecule has 1 fully saturated rings. The molecular formula is C18H24N7O7P. The zero-order valence-electron chi connectivity index (χ0n) is 17.7. The number of aliphatic hydroxyl groups excluding tert-OH is 2. The van der Waals surface area contributed by atoms with E-state index >= 15 is 0 Å². The molecule has 2 aliphatic heterocycles. The lowest BCUT2D eigenvalue weighted by molar-refractivity contribution is -0.0509. The van der Waals surface area contributed by atoms with E-state index in [1.54, 1.807) is 0 Å². The number of phosphoric acid groups is 1. The van der Waals surface area contributed by atoms with Crippen molar-refractivity contribution in [1.82, 2.24) is 19.5 Å². The minimum atomic E-state index is -4.27. The molecule has 2 unspecified atom stereocenters. The number of aromatic nitrogens is 4. The van der Waals surface area contributed by atoms with E-state index in [0.717, 1.165) is 7.11 Å². The Bertz CT molecular complexity index is 1110. The average molecular weight is 481 g/mol. The van der Waals surface area contributed by atoms with Crippen LogP contribution in [0.2, 0.25) is 0 Å². The van der Waals surface area contributed by atoms with Gasteiger partial charge in [-0.05, 0) is 0 Å². The second kappa shape index (κ2) is 9.40. The fraction of sp³-hybridized carbons (Fsp3) is 0.611. The molecule has 178 valence electrons. The molecule has 1 saturated heterocycles. The van der Waals surface area contributed by atoms with Crippen LogP contribution in [0.4, 0.5) is 5.82 Å². The van der Waals surface area contributed by atoms with Crippen molar-refractivity contribution in [2.75, 3.05) is 25.6 Å². The summed E-state index contributed by atoms with van der Waals surface area (Å²) in [4.78, 5) is 22.1. The molecular weight excluding hydrogens is 457 g/mol. The van der Waals surface area contributed by atoms with Crippen molar-refractivity contribution in [3.8, 4) is 12.3 Å². The normalized spacial score (nSPS) is 27.4. The highest BCUT2D eigenvalue weighted by atomic mass is 31.2. The first-order chi connectivity index (χ1) is 15.8. The minimum Gasteiger partial charge on any atom is -0.387 e. The zero-order valence-corrected chi connectivity index (χ0v) is 18.6. The summed E-state index contributed by atoms with van der Waals surface area (Å²) in [6, 6.07) is 0. The summed E-state index contributed by atoms with van der Waals surface area (Å²) in [5, 5.41) is 32.2. The number of rotatable bonds is 11. The molecule has 0 bridgehead atoms. The smallest absolute Gasteiger partial charge is 0.387 e. The van der Waals surface area contributed by atoms with E-state index < -0.39 is 44.6 Å². The molecule has 4 N–H and O–H groups in total. The molecule has 5 atom stereocenters. The van der Waals surface area contributed by atoms with E-state index in [1.165, 1.54) is 17.2 Å². The summed E-state index contributed by atoms with van der Waals surface area (Å²) in [5.41, 5.74) is 0.364. The monoisotopic (exact) mass is 481 g/mol. The van der Waals surface area contributed by atoms with Gasteiger partial charge in [0.15, 0.2) is 28.9 Å². The lowest BCUT2D eigenvalue weighted by atomic mass is 10.0. The molecule has 2 aliphatic rings. The third kappa shape index (κ3) is 5.04. The number of terminal acetylenes is 1. The Morgan fingerprint density at radius 3 is 2.79 bits per heavy atom. The average Bonchev–Trinajstić information content (AvgIpc) is 3.35.